The van der Waals surface area contributed by atoms with Crippen LogP contribution in [0.3, 0.4) is 0 Å². The molecule has 2 aromatic rings. The van der Waals surface area contributed by atoms with E-state index < -0.39 is 0 Å². The van der Waals surface area contributed by atoms with Crippen LogP contribution in [0.4, 0.5) is 0 Å². The van der Waals surface area contributed by atoms with Crippen molar-refractivity contribution in [3.05, 3.63) is 30.2 Å². The molecule has 1 saturated heterocycles. The Labute approximate surface area is 159 Å². The van der Waals surface area contributed by atoms with E-state index in [0.717, 1.165) is 43.9 Å². The van der Waals surface area contributed by atoms with E-state index in [1.165, 1.54) is 0 Å². The smallest absolute Gasteiger partial charge is 0.227 e. The van der Waals surface area contributed by atoms with Gasteiger partial charge in [-0.15, -0.1) is 12.4 Å². The largest absolute Gasteiger partial charge is 0.494 e. The van der Waals surface area contributed by atoms with Crippen LogP contribution < -0.4 is 10.1 Å². The number of carbonyl (C=O) groups excluding carboxylic acids is 1. The van der Waals surface area contributed by atoms with Crippen LogP contribution in [0.5, 0.6) is 5.75 Å². The molecule has 1 aromatic carbocycles. The number of aromatic nitrogens is 2. The fraction of sp³-hybridized carbons (Fsp3) is 0.500. The van der Waals surface area contributed by atoms with Gasteiger partial charge < -0.3 is 19.5 Å². The van der Waals surface area contributed by atoms with Crippen molar-refractivity contribution in [3.8, 4) is 17.1 Å². The van der Waals surface area contributed by atoms with Gasteiger partial charge in [0, 0.05) is 38.0 Å². The van der Waals surface area contributed by atoms with E-state index in [1.54, 1.807) is 0 Å². The van der Waals surface area contributed by atoms with Crippen LogP contribution in [-0.2, 0) is 11.2 Å². The van der Waals surface area contributed by atoms with E-state index in [2.05, 4.69) is 15.5 Å². The predicted octanol–water partition coefficient (Wildman–Crippen LogP) is 2.31. The van der Waals surface area contributed by atoms with Gasteiger partial charge in [0.2, 0.25) is 17.6 Å². The Morgan fingerprint density at radius 2 is 2.08 bits per heavy atom. The summed E-state index contributed by atoms with van der Waals surface area (Å²) in [5, 5.41) is 7.30. The van der Waals surface area contributed by atoms with Crippen molar-refractivity contribution in [1.29, 1.82) is 0 Å². The number of nitrogens with one attached hydrogen (secondary N) is 1. The summed E-state index contributed by atoms with van der Waals surface area (Å²) in [6.07, 6.45) is 1.85. The minimum Gasteiger partial charge on any atom is -0.494 e. The first kappa shape index (κ1) is 20.2. The molecule has 1 N–H and O–H groups in total. The SMILES string of the molecule is CCOc1ccc(-c2noc(CCC(=O)N3CCCNCC3)n2)cc1.Cl. The molecule has 1 aliphatic rings. The van der Waals surface area contributed by atoms with E-state index >= 15 is 0 Å². The molecule has 0 bridgehead atoms. The highest BCUT2D eigenvalue weighted by atomic mass is 35.5. The minimum atomic E-state index is 0. The molecule has 2 heterocycles. The highest BCUT2D eigenvalue weighted by Gasteiger charge is 2.17. The van der Waals surface area contributed by atoms with Gasteiger partial charge in [-0.25, -0.2) is 0 Å². The Balaban J connectivity index is 0.00000243. The number of hydrogen-bond acceptors (Lipinski definition) is 6. The maximum Gasteiger partial charge on any atom is 0.227 e. The molecule has 0 saturated carbocycles. The van der Waals surface area contributed by atoms with Crippen LogP contribution in [-0.4, -0.2) is 53.7 Å². The second kappa shape index (κ2) is 10.1. The summed E-state index contributed by atoms with van der Waals surface area (Å²) >= 11 is 0. The predicted molar refractivity (Wildman–Crippen MR) is 101 cm³/mol. The van der Waals surface area contributed by atoms with Gasteiger partial charge in [0.25, 0.3) is 0 Å². The number of ether oxygens (including phenoxy) is 1. The average Bonchev–Trinajstić information content (AvgIpc) is 2.94. The molecule has 1 aliphatic heterocycles. The van der Waals surface area contributed by atoms with Crippen molar-refractivity contribution >= 4 is 18.3 Å². The number of nitrogens with zero attached hydrogens (tertiary/aromatic N) is 3. The topological polar surface area (TPSA) is 80.5 Å². The van der Waals surface area contributed by atoms with Crippen LogP contribution in [0.2, 0.25) is 0 Å². The van der Waals surface area contributed by atoms with Gasteiger partial charge in [-0.1, -0.05) is 5.16 Å². The second-order valence-electron chi connectivity index (χ2n) is 5.95. The molecular formula is C18H25ClN4O3. The Morgan fingerprint density at radius 1 is 1.27 bits per heavy atom. The molecule has 0 atom stereocenters. The summed E-state index contributed by atoms with van der Waals surface area (Å²) in [6.45, 7) is 5.98. The first-order valence-corrected chi connectivity index (χ1v) is 8.80. The van der Waals surface area contributed by atoms with E-state index in [0.29, 0.717) is 31.2 Å². The number of hydrogen-bond donors (Lipinski definition) is 1. The monoisotopic (exact) mass is 380 g/mol. The number of aryl methyl sites for hydroxylation is 1. The molecule has 3 rings (SSSR count). The third-order valence-electron chi connectivity index (χ3n) is 4.14. The number of carbonyl (C=O) groups is 1. The molecule has 0 radical (unpaired) electrons. The second-order valence-corrected chi connectivity index (χ2v) is 5.95. The first-order chi connectivity index (χ1) is 12.3. The van der Waals surface area contributed by atoms with Crippen molar-refractivity contribution < 1.29 is 14.1 Å². The third-order valence-corrected chi connectivity index (χ3v) is 4.14. The molecule has 1 fully saturated rings. The highest BCUT2D eigenvalue weighted by Crippen LogP contribution is 2.20. The summed E-state index contributed by atoms with van der Waals surface area (Å²) in [4.78, 5) is 18.6. The van der Waals surface area contributed by atoms with Gasteiger partial charge in [0.15, 0.2) is 0 Å². The summed E-state index contributed by atoms with van der Waals surface area (Å²) in [5.41, 5.74) is 0.864. The normalized spacial score (nSPS) is 14.4. The summed E-state index contributed by atoms with van der Waals surface area (Å²) in [6, 6.07) is 7.56. The number of halogens is 1. The Hall–Kier alpha value is -2.12. The van der Waals surface area contributed by atoms with Gasteiger partial charge in [-0.2, -0.15) is 4.98 Å². The zero-order chi connectivity index (χ0) is 17.5. The van der Waals surface area contributed by atoms with Gasteiger partial charge in [-0.3, -0.25) is 4.79 Å². The van der Waals surface area contributed by atoms with Crippen LogP contribution in [0.1, 0.15) is 25.7 Å². The quantitative estimate of drug-likeness (QED) is 0.828. The summed E-state index contributed by atoms with van der Waals surface area (Å²) in [5.74, 6) is 1.98. The molecule has 0 unspecified atom stereocenters. The molecule has 1 aromatic heterocycles. The van der Waals surface area contributed by atoms with Crippen LogP contribution in [0, 0.1) is 0 Å². The summed E-state index contributed by atoms with van der Waals surface area (Å²) < 4.78 is 10.7. The van der Waals surface area contributed by atoms with Crippen LogP contribution in [0.15, 0.2) is 28.8 Å². The molecular weight excluding hydrogens is 356 g/mol. The maximum atomic E-state index is 12.3. The third kappa shape index (κ3) is 5.44. The zero-order valence-electron chi connectivity index (χ0n) is 14.9. The molecule has 1 amide bonds. The molecule has 142 valence electrons. The minimum absolute atomic E-state index is 0. The van der Waals surface area contributed by atoms with Crippen molar-refractivity contribution in [2.45, 2.75) is 26.2 Å². The first-order valence-electron chi connectivity index (χ1n) is 8.80. The average molecular weight is 381 g/mol. The Morgan fingerprint density at radius 3 is 2.85 bits per heavy atom. The van der Waals surface area contributed by atoms with E-state index in [-0.39, 0.29) is 18.3 Å². The number of amides is 1. The van der Waals surface area contributed by atoms with Gasteiger partial charge in [0.1, 0.15) is 5.75 Å². The summed E-state index contributed by atoms with van der Waals surface area (Å²) in [7, 11) is 0. The van der Waals surface area contributed by atoms with Crippen LogP contribution in [0.25, 0.3) is 11.4 Å². The number of benzene rings is 1. The molecule has 0 aliphatic carbocycles. The van der Waals surface area contributed by atoms with E-state index in [4.69, 9.17) is 9.26 Å². The lowest BCUT2D eigenvalue weighted by atomic mass is 10.2. The lowest BCUT2D eigenvalue weighted by Gasteiger charge is -2.19. The number of rotatable bonds is 6. The Bertz CT molecular complexity index is 682. The standard InChI is InChI=1S/C18H24N4O3.ClH/c1-2-24-15-6-4-14(5-7-15)18-20-16(25-21-18)8-9-17(23)22-12-3-10-19-11-13-22;/h4-7,19H,2-3,8-13H2,1H3;1H. The molecule has 0 spiro atoms. The van der Waals surface area contributed by atoms with Crippen molar-refractivity contribution in [3.63, 3.8) is 0 Å². The fourth-order valence-corrected chi connectivity index (χ4v) is 2.81. The van der Waals surface area contributed by atoms with Gasteiger partial charge in [-0.05, 0) is 44.2 Å². The van der Waals surface area contributed by atoms with Crippen molar-refractivity contribution in [2.24, 2.45) is 0 Å². The van der Waals surface area contributed by atoms with Crippen molar-refractivity contribution in [1.82, 2.24) is 20.4 Å². The van der Waals surface area contributed by atoms with E-state index in [1.807, 2.05) is 36.1 Å². The highest BCUT2D eigenvalue weighted by molar-refractivity contribution is 5.85. The van der Waals surface area contributed by atoms with Crippen LogP contribution >= 0.6 is 12.4 Å². The van der Waals surface area contributed by atoms with E-state index in [9.17, 15) is 4.79 Å². The fourth-order valence-electron chi connectivity index (χ4n) is 2.81. The Kier molecular flexibility index (Phi) is 7.87. The maximum absolute atomic E-state index is 12.3. The lowest BCUT2D eigenvalue weighted by Crippen LogP contribution is -2.34. The molecule has 8 heteroatoms. The van der Waals surface area contributed by atoms with Crippen molar-refractivity contribution in [2.75, 3.05) is 32.8 Å². The van der Waals surface area contributed by atoms with Gasteiger partial charge >= 0.3 is 0 Å². The lowest BCUT2D eigenvalue weighted by molar-refractivity contribution is -0.131. The zero-order valence-corrected chi connectivity index (χ0v) is 15.8. The molecule has 7 nitrogen and oxygen atoms in total. The molecule has 26 heavy (non-hydrogen) atoms. The van der Waals surface area contributed by atoms with Gasteiger partial charge in [0.05, 0.1) is 6.61 Å².